The number of hydrogen-bond donors (Lipinski definition) is 1. The molecule has 2 N–H and O–H groups in total. The molecule has 1 rings (SSSR count). The standard InChI is InChI=1S/C15H29NO2/c1-12(2,3)18-11(17)15(16)9-13(4,5)8-14(6,7)10-15/h8-10,16H2,1-7H3. The zero-order chi connectivity index (χ0) is 14.4. The molecule has 0 aliphatic heterocycles. The molecule has 0 amide bonds. The summed E-state index contributed by atoms with van der Waals surface area (Å²) in [4.78, 5) is 12.4. The third-order valence-electron chi connectivity index (χ3n) is 3.35. The minimum Gasteiger partial charge on any atom is -0.459 e. The molecule has 106 valence electrons. The Morgan fingerprint density at radius 1 is 1.00 bits per heavy atom. The van der Waals surface area contributed by atoms with Crippen LogP contribution in [0.2, 0.25) is 0 Å². The normalized spacial score (nSPS) is 25.6. The zero-order valence-corrected chi connectivity index (χ0v) is 13.0. The maximum Gasteiger partial charge on any atom is 0.326 e. The largest absolute Gasteiger partial charge is 0.459 e. The summed E-state index contributed by atoms with van der Waals surface area (Å²) in [6.45, 7) is 14.4. The Hall–Kier alpha value is -0.570. The maximum atomic E-state index is 12.4. The lowest BCUT2D eigenvalue weighted by Crippen LogP contribution is -2.58. The smallest absolute Gasteiger partial charge is 0.326 e. The molecule has 0 heterocycles. The van der Waals surface area contributed by atoms with Crippen molar-refractivity contribution >= 4 is 5.97 Å². The van der Waals surface area contributed by atoms with Crippen molar-refractivity contribution in [3.63, 3.8) is 0 Å². The van der Waals surface area contributed by atoms with E-state index in [0.29, 0.717) is 12.8 Å². The van der Waals surface area contributed by atoms with Crippen LogP contribution in [-0.2, 0) is 9.53 Å². The number of hydrogen-bond acceptors (Lipinski definition) is 3. The summed E-state index contributed by atoms with van der Waals surface area (Å²) in [5.41, 5.74) is 5.21. The molecule has 0 radical (unpaired) electrons. The van der Waals surface area contributed by atoms with Crippen LogP contribution < -0.4 is 5.73 Å². The van der Waals surface area contributed by atoms with Crippen LogP contribution in [0.25, 0.3) is 0 Å². The Morgan fingerprint density at radius 2 is 1.39 bits per heavy atom. The molecule has 1 saturated carbocycles. The Morgan fingerprint density at radius 3 is 1.72 bits per heavy atom. The van der Waals surface area contributed by atoms with Crippen molar-refractivity contribution < 1.29 is 9.53 Å². The topological polar surface area (TPSA) is 52.3 Å². The molecule has 0 spiro atoms. The van der Waals surface area contributed by atoms with Crippen molar-refractivity contribution in [3.05, 3.63) is 0 Å². The van der Waals surface area contributed by atoms with Gasteiger partial charge in [0.05, 0.1) is 0 Å². The predicted octanol–water partition coefficient (Wildman–Crippen LogP) is 3.26. The summed E-state index contributed by atoms with van der Waals surface area (Å²) >= 11 is 0. The van der Waals surface area contributed by atoms with Gasteiger partial charge in [0, 0.05) is 0 Å². The van der Waals surface area contributed by atoms with Gasteiger partial charge in [0.25, 0.3) is 0 Å². The van der Waals surface area contributed by atoms with Gasteiger partial charge in [-0.2, -0.15) is 0 Å². The molecule has 0 unspecified atom stereocenters. The summed E-state index contributed by atoms with van der Waals surface area (Å²) in [7, 11) is 0. The second kappa shape index (κ2) is 4.22. The fourth-order valence-corrected chi connectivity index (χ4v) is 3.71. The van der Waals surface area contributed by atoms with Crippen molar-refractivity contribution in [2.75, 3.05) is 0 Å². The van der Waals surface area contributed by atoms with Gasteiger partial charge in [-0.3, -0.25) is 4.79 Å². The van der Waals surface area contributed by atoms with Crippen LogP contribution in [0.5, 0.6) is 0 Å². The van der Waals surface area contributed by atoms with Crippen LogP contribution in [0.3, 0.4) is 0 Å². The third kappa shape index (κ3) is 3.98. The van der Waals surface area contributed by atoms with Crippen molar-refractivity contribution in [2.24, 2.45) is 16.6 Å². The van der Waals surface area contributed by atoms with Gasteiger partial charge in [-0.15, -0.1) is 0 Å². The molecular weight excluding hydrogens is 226 g/mol. The minimum atomic E-state index is -0.849. The molecule has 0 aromatic rings. The van der Waals surface area contributed by atoms with Crippen LogP contribution in [0, 0.1) is 10.8 Å². The molecular formula is C15H29NO2. The lowest BCUT2D eigenvalue weighted by molar-refractivity contribution is -0.167. The molecule has 3 heteroatoms. The highest BCUT2D eigenvalue weighted by Gasteiger charge is 2.50. The van der Waals surface area contributed by atoms with E-state index >= 15 is 0 Å². The summed E-state index contributed by atoms with van der Waals surface area (Å²) in [5, 5.41) is 0. The highest BCUT2D eigenvalue weighted by Crippen LogP contribution is 2.49. The van der Waals surface area contributed by atoms with Crippen molar-refractivity contribution in [1.82, 2.24) is 0 Å². The highest BCUT2D eigenvalue weighted by molar-refractivity contribution is 5.81. The van der Waals surface area contributed by atoms with E-state index in [2.05, 4.69) is 27.7 Å². The van der Waals surface area contributed by atoms with Crippen LogP contribution in [-0.4, -0.2) is 17.1 Å². The van der Waals surface area contributed by atoms with Gasteiger partial charge in [-0.05, 0) is 50.9 Å². The Bertz CT molecular complexity index is 321. The van der Waals surface area contributed by atoms with Crippen LogP contribution in [0.15, 0.2) is 0 Å². The number of rotatable bonds is 1. The number of ether oxygens (including phenoxy) is 1. The van der Waals surface area contributed by atoms with Gasteiger partial charge in [0.15, 0.2) is 0 Å². The molecule has 0 bridgehead atoms. The lowest BCUT2D eigenvalue weighted by atomic mass is 9.58. The molecule has 0 atom stereocenters. The summed E-state index contributed by atoms with van der Waals surface area (Å²) in [5.74, 6) is -0.254. The first-order valence-electron chi connectivity index (χ1n) is 6.77. The lowest BCUT2D eigenvalue weighted by Gasteiger charge is -2.49. The SMILES string of the molecule is CC1(C)CC(C)(C)CC(N)(C(=O)OC(C)(C)C)C1. The minimum absolute atomic E-state index is 0.0768. The molecule has 0 aromatic heterocycles. The summed E-state index contributed by atoms with van der Waals surface area (Å²) < 4.78 is 5.50. The molecule has 0 aromatic carbocycles. The van der Waals surface area contributed by atoms with Gasteiger partial charge in [0.2, 0.25) is 0 Å². The van der Waals surface area contributed by atoms with Gasteiger partial charge in [-0.25, -0.2) is 0 Å². The summed E-state index contributed by atoms with van der Waals surface area (Å²) in [6, 6.07) is 0. The molecule has 0 saturated heterocycles. The van der Waals surface area contributed by atoms with Crippen LogP contribution in [0.4, 0.5) is 0 Å². The molecule has 1 aliphatic rings. The van der Waals surface area contributed by atoms with E-state index in [1.165, 1.54) is 0 Å². The van der Waals surface area contributed by atoms with E-state index < -0.39 is 11.1 Å². The average Bonchev–Trinajstić information content (AvgIpc) is 1.91. The van der Waals surface area contributed by atoms with Crippen molar-refractivity contribution in [1.29, 1.82) is 0 Å². The highest BCUT2D eigenvalue weighted by atomic mass is 16.6. The maximum absolute atomic E-state index is 12.4. The van der Waals surface area contributed by atoms with E-state index in [1.807, 2.05) is 20.8 Å². The Labute approximate surface area is 111 Å². The zero-order valence-electron chi connectivity index (χ0n) is 13.0. The summed E-state index contributed by atoms with van der Waals surface area (Å²) in [6.07, 6.45) is 2.47. The second-order valence-electron chi connectivity index (χ2n) is 8.52. The van der Waals surface area contributed by atoms with Gasteiger partial charge in [0.1, 0.15) is 11.1 Å². The first-order chi connectivity index (χ1) is 7.75. The third-order valence-corrected chi connectivity index (χ3v) is 3.35. The fourth-order valence-electron chi connectivity index (χ4n) is 3.71. The quantitative estimate of drug-likeness (QED) is 0.732. The first kappa shape index (κ1) is 15.5. The predicted molar refractivity (Wildman–Crippen MR) is 74.2 cm³/mol. The molecule has 3 nitrogen and oxygen atoms in total. The number of esters is 1. The van der Waals surface area contributed by atoms with Crippen molar-refractivity contribution in [3.8, 4) is 0 Å². The van der Waals surface area contributed by atoms with Crippen molar-refractivity contribution in [2.45, 2.75) is 78.9 Å². The second-order valence-corrected chi connectivity index (χ2v) is 8.52. The molecule has 1 fully saturated rings. The Balaban J connectivity index is 2.94. The number of carbonyl (C=O) groups is 1. The molecule has 1 aliphatic carbocycles. The van der Waals surface area contributed by atoms with Crippen LogP contribution in [0.1, 0.15) is 67.7 Å². The first-order valence-corrected chi connectivity index (χ1v) is 6.77. The fraction of sp³-hybridized carbons (Fsp3) is 0.933. The number of carbonyl (C=O) groups excluding carboxylic acids is 1. The van der Waals surface area contributed by atoms with E-state index in [-0.39, 0.29) is 16.8 Å². The van der Waals surface area contributed by atoms with Gasteiger partial charge in [-0.1, -0.05) is 27.7 Å². The van der Waals surface area contributed by atoms with Gasteiger partial charge < -0.3 is 10.5 Å². The molecule has 18 heavy (non-hydrogen) atoms. The average molecular weight is 255 g/mol. The van der Waals surface area contributed by atoms with E-state index in [4.69, 9.17) is 10.5 Å². The Kier molecular flexibility index (Phi) is 3.63. The van der Waals surface area contributed by atoms with E-state index in [0.717, 1.165) is 6.42 Å². The van der Waals surface area contributed by atoms with E-state index in [9.17, 15) is 4.79 Å². The monoisotopic (exact) mass is 255 g/mol. The van der Waals surface area contributed by atoms with Crippen LogP contribution >= 0.6 is 0 Å². The van der Waals surface area contributed by atoms with E-state index in [1.54, 1.807) is 0 Å². The van der Waals surface area contributed by atoms with Gasteiger partial charge >= 0.3 is 5.97 Å². The number of nitrogens with two attached hydrogens (primary N) is 1.